The smallest absolute Gasteiger partial charge is 0.462 e. The summed E-state index contributed by atoms with van der Waals surface area (Å²) in [5.41, 5.74) is 0. The van der Waals surface area contributed by atoms with Crippen molar-refractivity contribution in [2.45, 2.75) is 431 Å². The average molecular weight is 1410 g/mol. The summed E-state index contributed by atoms with van der Waals surface area (Å²) in [4.78, 5) is 72.8. The minimum atomic E-state index is -4.96. The number of unbranched alkanes of at least 4 members (excludes halogenated alkanes) is 52. The van der Waals surface area contributed by atoms with Gasteiger partial charge in [0, 0.05) is 25.7 Å². The molecule has 0 rings (SSSR count). The van der Waals surface area contributed by atoms with E-state index < -0.39 is 97.5 Å². The number of carbonyl (C=O) groups is 4. The summed E-state index contributed by atoms with van der Waals surface area (Å²) in [5.74, 6) is -2.11. The first-order valence-electron chi connectivity index (χ1n) is 40.3. The Morgan fingerprint density at radius 2 is 0.417 bits per heavy atom. The Hall–Kier alpha value is -1.94. The van der Waals surface area contributed by atoms with Crippen molar-refractivity contribution in [1.29, 1.82) is 0 Å². The number of aliphatic hydroxyl groups excluding tert-OH is 1. The number of carbonyl (C=O) groups excluding carboxylic acids is 4. The highest BCUT2D eigenvalue weighted by Gasteiger charge is 2.30. The molecule has 0 aliphatic heterocycles. The van der Waals surface area contributed by atoms with E-state index in [1.54, 1.807) is 0 Å². The van der Waals surface area contributed by atoms with E-state index >= 15 is 0 Å². The molecule has 0 radical (unpaired) electrons. The minimum absolute atomic E-state index is 0.107. The van der Waals surface area contributed by atoms with E-state index in [0.29, 0.717) is 25.7 Å². The zero-order valence-electron chi connectivity index (χ0n) is 62.4. The monoisotopic (exact) mass is 1410 g/mol. The summed E-state index contributed by atoms with van der Waals surface area (Å²) >= 11 is 0. The molecule has 570 valence electrons. The molecular formula is C77H150O17P2. The Labute approximate surface area is 588 Å². The third-order valence-electron chi connectivity index (χ3n) is 18.1. The number of phosphoric ester groups is 2. The molecule has 0 aromatic rings. The van der Waals surface area contributed by atoms with Crippen LogP contribution in [0.25, 0.3) is 0 Å². The van der Waals surface area contributed by atoms with E-state index in [9.17, 15) is 43.2 Å². The first-order chi connectivity index (χ1) is 46.7. The van der Waals surface area contributed by atoms with Crippen LogP contribution in [0, 0.1) is 0 Å². The van der Waals surface area contributed by atoms with Crippen LogP contribution in [0.2, 0.25) is 0 Å². The second-order valence-corrected chi connectivity index (χ2v) is 30.7. The molecule has 0 saturated heterocycles. The number of hydrogen-bond donors (Lipinski definition) is 3. The van der Waals surface area contributed by atoms with E-state index in [4.69, 9.17) is 37.0 Å². The van der Waals surface area contributed by atoms with E-state index in [1.165, 1.54) is 244 Å². The van der Waals surface area contributed by atoms with Crippen LogP contribution in [-0.4, -0.2) is 96.7 Å². The van der Waals surface area contributed by atoms with Gasteiger partial charge in [0.2, 0.25) is 0 Å². The summed E-state index contributed by atoms with van der Waals surface area (Å²) in [7, 11) is -9.91. The molecule has 0 heterocycles. The lowest BCUT2D eigenvalue weighted by Crippen LogP contribution is -2.30. The van der Waals surface area contributed by atoms with Crippen molar-refractivity contribution in [3.63, 3.8) is 0 Å². The zero-order valence-corrected chi connectivity index (χ0v) is 64.1. The van der Waals surface area contributed by atoms with Gasteiger partial charge in [0.1, 0.15) is 19.3 Å². The third kappa shape index (κ3) is 70.5. The molecule has 3 N–H and O–H groups in total. The van der Waals surface area contributed by atoms with Crippen LogP contribution >= 0.6 is 15.6 Å². The molecule has 0 fully saturated rings. The Morgan fingerprint density at radius 1 is 0.250 bits per heavy atom. The summed E-state index contributed by atoms with van der Waals surface area (Å²) in [6.45, 7) is 4.98. The lowest BCUT2D eigenvalue weighted by molar-refractivity contribution is -0.161. The molecule has 0 amide bonds. The van der Waals surface area contributed by atoms with Crippen molar-refractivity contribution in [3.8, 4) is 0 Å². The molecular weight excluding hydrogens is 1260 g/mol. The van der Waals surface area contributed by atoms with Crippen LogP contribution in [0.15, 0.2) is 0 Å². The van der Waals surface area contributed by atoms with Crippen molar-refractivity contribution in [3.05, 3.63) is 0 Å². The Balaban J connectivity index is 5.18. The van der Waals surface area contributed by atoms with E-state index in [-0.39, 0.29) is 25.7 Å². The Morgan fingerprint density at radius 3 is 0.615 bits per heavy atom. The van der Waals surface area contributed by atoms with E-state index in [0.717, 1.165) is 89.9 Å². The minimum Gasteiger partial charge on any atom is -0.462 e. The fourth-order valence-corrected chi connectivity index (χ4v) is 13.5. The van der Waals surface area contributed by atoms with Gasteiger partial charge >= 0.3 is 39.5 Å². The first-order valence-corrected chi connectivity index (χ1v) is 43.3. The number of phosphoric acid groups is 2. The van der Waals surface area contributed by atoms with Crippen molar-refractivity contribution < 1.29 is 80.2 Å². The van der Waals surface area contributed by atoms with Gasteiger partial charge in [0.05, 0.1) is 26.4 Å². The van der Waals surface area contributed by atoms with Gasteiger partial charge in [-0.1, -0.05) is 362 Å². The first kappa shape index (κ1) is 94.1. The molecule has 17 nitrogen and oxygen atoms in total. The van der Waals surface area contributed by atoms with Crippen LogP contribution in [-0.2, 0) is 65.4 Å². The van der Waals surface area contributed by atoms with Crippen LogP contribution in [0.3, 0.4) is 0 Å². The normalized spacial score (nSPS) is 13.9. The molecule has 0 aromatic carbocycles. The lowest BCUT2D eigenvalue weighted by atomic mass is 10.0. The fourth-order valence-electron chi connectivity index (χ4n) is 11.9. The predicted octanol–water partition coefficient (Wildman–Crippen LogP) is 23.0. The quantitative estimate of drug-likeness (QED) is 0.0222. The van der Waals surface area contributed by atoms with Gasteiger partial charge in [-0.2, -0.15) is 0 Å². The van der Waals surface area contributed by atoms with Crippen LogP contribution in [0.1, 0.15) is 413 Å². The molecule has 0 bridgehead atoms. The summed E-state index contributed by atoms with van der Waals surface area (Å²) in [5, 5.41) is 10.6. The van der Waals surface area contributed by atoms with E-state index in [1.807, 2.05) is 0 Å². The van der Waals surface area contributed by atoms with Crippen LogP contribution < -0.4 is 0 Å². The highest BCUT2D eigenvalue weighted by Crippen LogP contribution is 2.45. The second kappa shape index (κ2) is 71.5. The SMILES string of the molecule is CCCCCCCCCCCCCCCCCCCCCCCC(=O)O[C@H](COC(=O)CCCCCCCCCCCCCCCCC)COP(=O)(O)OC[C@@H](O)COP(=O)(O)OC[C@@H](COC(=O)CCCCCCCCCCCC)OC(=O)CCCCCCCCCCCC. The second-order valence-electron chi connectivity index (χ2n) is 27.7. The van der Waals surface area contributed by atoms with Gasteiger partial charge in [-0.25, -0.2) is 9.13 Å². The Bertz CT molecular complexity index is 1830. The molecule has 0 spiro atoms. The van der Waals surface area contributed by atoms with Crippen molar-refractivity contribution in [2.24, 2.45) is 0 Å². The molecule has 5 atom stereocenters. The van der Waals surface area contributed by atoms with Gasteiger partial charge < -0.3 is 33.8 Å². The maximum absolute atomic E-state index is 13.1. The van der Waals surface area contributed by atoms with Gasteiger partial charge in [-0.3, -0.25) is 37.3 Å². The van der Waals surface area contributed by atoms with E-state index in [2.05, 4.69) is 27.7 Å². The lowest BCUT2D eigenvalue weighted by Gasteiger charge is -2.21. The van der Waals surface area contributed by atoms with Crippen LogP contribution in [0.5, 0.6) is 0 Å². The standard InChI is InChI=1S/C77H150O17P2/c1-5-9-13-17-21-25-29-31-33-34-35-36-37-38-40-42-44-48-52-56-60-64-77(82)94-73(68-88-75(80)62-58-54-50-47-43-41-39-32-30-26-22-18-14-10-6-2)70-92-96(85,86)90-66-71(78)65-89-95(83,84)91-69-72(93-76(81)63-59-55-51-46-28-24-20-16-12-8-4)67-87-74(79)61-57-53-49-45-27-23-19-15-11-7-3/h71-73,78H,5-70H2,1-4H3,(H,83,84)(H,85,86)/t71-,72+,73+/m0/s1. The largest absolute Gasteiger partial charge is 0.472 e. The molecule has 19 heteroatoms. The zero-order chi connectivity index (χ0) is 70.4. The number of ether oxygens (including phenoxy) is 4. The van der Waals surface area contributed by atoms with Crippen LogP contribution in [0.4, 0.5) is 0 Å². The van der Waals surface area contributed by atoms with Gasteiger partial charge in [0.15, 0.2) is 12.2 Å². The van der Waals surface area contributed by atoms with Gasteiger partial charge in [-0.05, 0) is 25.7 Å². The predicted molar refractivity (Wildman–Crippen MR) is 391 cm³/mol. The topological polar surface area (TPSA) is 237 Å². The van der Waals surface area contributed by atoms with Gasteiger partial charge in [-0.15, -0.1) is 0 Å². The molecule has 0 aliphatic rings. The van der Waals surface area contributed by atoms with Crippen molar-refractivity contribution >= 4 is 39.5 Å². The molecule has 0 saturated carbocycles. The summed E-state index contributed by atoms with van der Waals surface area (Å²) < 4.78 is 68.5. The molecule has 2 unspecified atom stereocenters. The molecule has 96 heavy (non-hydrogen) atoms. The number of hydrogen-bond acceptors (Lipinski definition) is 15. The highest BCUT2D eigenvalue weighted by atomic mass is 31.2. The number of rotatable bonds is 78. The maximum Gasteiger partial charge on any atom is 0.472 e. The molecule has 0 aliphatic carbocycles. The fraction of sp³-hybridized carbons (Fsp3) is 0.948. The number of aliphatic hydroxyl groups is 1. The molecule has 0 aromatic heterocycles. The maximum atomic E-state index is 13.1. The van der Waals surface area contributed by atoms with Crippen molar-refractivity contribution in [2.75, 3.05) is 39.6 Å². The van der Waals surface area contributed by atoms with Gasteiger partial charge in [0.25, 0.3) is 0 Å². The third-order valence-corrected chi connectivity index (χ3v) is 20.0. The summed E-state index contributed by atoms with van der Waals surface area (Å²) in [6, 6.07) is 0. The summed E-state index contributed by atoms with van der Waals surface area (Å²) in [6.07, 6.45) is 62.5. The highest BCUT2D eigenvalue weighted by molar-refractivity contribution is 7.47. The average Bonchev–Trinajstić information content (AvgIpc) is 1.37. The number of esters is 4. The van der Waals surface area contributed by atoms with Crippen molar-refractivity contribution in [1.82, 2.24) is 0 Å². The Kier molecular flexibility index (Phi) is 70.0.